The third kappa shape index (κ3) is 17.5. The van der Waals surface area contributed by atoms with Crippen molar-refractivity contribution in [3.05, 3.63) is 33.4 Å². The number of hydrogen-bond acceptors (Lipinski definition) is 7. The zero-order chi connectivity index (χ0) is 34.2. The van der Waals surface area contributed by atoms with Crippen molar-refractivity contribution in [2.75, 3.05) is 26.8 Å². The van der Waals surface area contributed by atoms with Gasteiger partial charge in [-0.2, -0.15) is 0 Å². The van der Waals surface area contributed by atoms with Gasteiger partial charge in [0.1, 0.15) is 6.04 Å². The molecule has 0 saturated carbocycles. The van der Waals surface area contributed by atoms with E-state index in [0.29, 0.717) is 39.1 Å². The number of rotatable bonds is 20. The molecule has 45 heavy (non-hydrogen) atoms. The molecular weight excluding hydrogens is 693 g/mol. The lowest BCUT2D eigenvalue weighted by Gasteiger charge is -2.29. The van der Waals surface area contributed by atoms with E-state index in [1.54, 1.807) is 0 Å². The first-order valence-corrected chi connectivity index (χ1v) is 16.3. The fourth-order valence-corrected chi connectivity index (χ4v) is 4.92. The first-order chi connectivity index (χ1) is 21.0. The smallest absolute Gasteiger partial charge is 0.244 e. The number of likely N-dealkylation sites (N-methyl/N-ethyl adjacent to an activating group) is 1. The molecule has 0 spiro atoms. The van der Waals surface area contributed by atoms with Gasteiger partial charge < -0.3 is 26.0 Å². The van der Waals surface area contributed by atoms with E-state index in [-0.39, 0.29) is 42.4 Å². The molecular formula is C32H52IN5O7. The summed E-state index contributed by atoms with van der Waals surface area (Å²) < 4.78 is 7.11. The van der Waals surface area contributed by atoms with E-state index in [2.05, 4.69) is 43.9 Å². The van der Waals surface area contributed by atoms with E-state index in [4.69, 9.17) is 9.94 Å². The van der Waals surface area contributed by atoms with Crippen LogP contribution in [-0.2, 0) is 35.3 Å². The highest BCUT2D eigenvalue weighted by molar-refractivity contribution is 14.1. The third-order valence-electron chi connectivity index (χ3n) is 7.01. The number of amides is 5. The number of carbonyl (C=O) groups is 5. The minimum absolute atomic E-state index is 0.00830. The predicted octanol–water partition coefficient (Wildman–Crippen LogP) is 3.05. The summed E-state index contributed by atoms with van der Waals surface area (Å²) >= 11 is 2.24. The quantitative estimate of drug-likeness (QED) is 0.0676. The molecule has 0 bridgehead atoms. The molecule has 1 aromatic rings. The van der Waals surface area contributed by atoms with Crippen LogP contribution in [0.15, 0.2) is 24.3 Å². The molecule has 0 aliphatic heterocycles. The van der Waals surface area contributed by atoms with Gasteiger partial charge in [-0.05, 0) is 64.5 Å². The molecule has 0 saturated heterocycles. The molecule has 254 valence electrons. The van der Waals surface area contributed by atoms with E-state index < -0.39 is 35.1 Å². The maximum Gasteiger partial charge on any atom is 0.244 e. The molecule has 5 amide bonds. The van der Waals surface area contributed by atoms with Crippen LogP contribution in [0.1, 0.15) is 79.2 Å². The highest BCUT2D eigenvalue weighted by Crippen LogP contribution is 2.23. The van der Waals surface area contributed by atoms with Gasteiger partial charge in [-0.15, -0.1) is 0 Å². The van der Waals surface area contributed by atoms with Crippen LogP contribution in [0.4, 0.5) is 0 Å². The highest BCUT2D eigenvalue weighted by atomic mass is 127. The normalized spacial score (nSPS) is 13.0. The summed E-state index contributed by atoms with van der Waals surface area (Å²) in [6.07, 6.45) is 0.525. The van der Waals surface area contributed by atoms with Gasteiger partial charge in [0, 0.05) is 54.3 Å². The number of hydroxylamine groups is 1. The monoisotopic (exact) mass is 745 g/mol. The Hall–Kier alpha value is -2.78. The Morgan fingerprint density at radius 3 is 2.09 bits per heavy atom. The van der Waals surface area contributed by atoms with Gasteiger partial charge in [0.05, 0.1) is 13.2 Å². The van der Waals surface area contributed by atoms with Crippen molar-refractivity contribution in [2.45, 2.75) is 86.2 Å². The Morgan fingerprint density at radius 2 is 1.51 bits per heavy atom. The second-order valence-electron chi connectivity index (χ2n) is 13.5. The lowest BCUT2D eigenvalue weighted by atomic mass is 9.89. The van der Waals surface area contributed by atoms with Gasteiger partial charge in [-0.25, -0.2) is 5.48 Å². The molecule has 12 nitrogen and oxygen atoms in total. The summed E-state index contributed by atoms with van der Waals surface area (Å²) in [5.41, 5.74) is 1.79. The molecule has 0 fully saturated rings. The topological polar surface area (TPSA) is 175 Å². The maximum absolute atomic E-state index is 12.9. The molecule has 1 aromatic carbocycles. The van der Waals surface area contributed by atoms with Crippen LogP contribution in [0.3, 0.4) is 0 Å². The van der Waals surface area contributed by atoms with Crippen molar-refractivity contribution in [1.82, 2.24) is 26.7 Å². The van der Waals surface area contributed by atoms with Crippen LogP contribution in [0.25, 0.3) is 0 Å². The lowest BCUT2D eigenvalue weighted by Crippen LogP contribution is -2.49. The summed E-state index contributed by atoms with van der Waals surface area (Å²) in [5.74, 6) is -2.61. The number of hydrogen-bond donors (Lipinski definition) is 6. The molecule has 13 heteroatoms. The fraction of sp³-hybridized carbons (Fsp3) is 0.656. The van der Waals surface area contributed by atoms with Crippen molar-refractivity contribution >= 4 is 52.1 Å². The molecule has 1 rings (SSSR count). The molecule has 6 N–H and O–H groups in total. The van der Waals surface area contributed by atoms with Crippen LogP contribution in [-0.4, -0.2) is 67.6 Å². The second-order valence-corrected chi connectivity index (χ2v) is 14.7. The van der Waals surface area contributed by atoms with E-state index in [1.165, 1.54) is 12.5 Å². The summed E-state index contributed by atoms with van der Waals surface area (Å²) in [7, 11) is 1.44. The maximum atomic E-state index is 12.9. The molecule has 0 aromatic heterocycles. The average Bonchev–Trinajstić information content (AvgIpc) is 2.96. The minimum Gasteiger partial charge on any atom is -0.380 e. The zero-order valence-corrected chi connectivity index (χ0v) is 29.8. The number of benzene rings is 1. The summed E-state index contributed by atoms with van der Waals surface area (Å²) in [4.78, 5) is 62.2. The van der Waals surface area contributed by atoms with E-state index in [1.807, 2.05) is 65.8 Å². The number of ether oxygens (including phenoxy) is 1. The summed E-state index contributed by atoms with van der Waals surface area (Å²) in [6.45, 7) is 13.2. The average molecular weight is 746 g/mol. The minimum atomic E-state index is -0.965. The first-order valence-electron chi connectivity index (χ1n) is 15.3. The van der Waals surface area contributed by atoms with E-state index in [9.17, 15) is 24.0 Å². The Labute approximate surface area is 281 Å². The largest absolute Gasteiger partial charge is 0.380 e. The van der Waals surface area contributed by atoms with Gasteiger partial charge in [0.2, 0.25) is 29.5 Å². The first kappa shape index (κ1) is 40.2. The molecule has 0 aliphatic rings. The van der Waals surface area contributed by atoms with Crippen molar-refractivity contribution in [2.24, 2.45) is 22.7 Å². The van der Waals surface area contributed by atoms with Crippen molar-refractivity contribution in [1.29, 1.82) is 0 Å². The summed E-state index contributed by atoms with van der Waals surface area (Å²) in [6, 6.07) is 7.01. The Balaban J connectivity index is 2.53. The Morgan fingerprint density at radius 1 is 0.889 bits per heavy atom. The molecule has 0 radical (unpaired) electrons. The fourth-order valence-electron chi connectivity index (χ4n) is 4.56. The molecule has 2 atom stereocenters. The van der Waals surface area contributed by atoms with Gasteiger partial charge in [-0.3, -0.25) is 29.2 Å². The highest BCUT2D eigenvalue weighted by Gasteiger charge is 2.29. The van der Waals surface area contributed by atoms with Gasteiger partial charge >= 0.3 is 0 Å². The van der Waals surface area contributed by atoms with Crippen molar-refractivity contribution in [3.8, 4) is 0 Å². The van der Waals surface area contributed by atoms with E-state index in [0.717, 1.165) is 9.13 Å². The van der Waals surface area contributed by atoms with Crippen LogP contribution in [0.5, 0.6) is 0 Å². The van der Waals surface area contributed by atoms with Gasteiger partial charge in [-0.1, -0.05) is 53.7 Å². The molecule has 0 aliphatic carbocycles. The SMILES string of the molecule is CNC(=O)[C@H](CCC(=O)NCC(C)(C)COCC(C)(C)CC(=O)NCc1ccc(I)cc1)NC(=O)[C@@H](CC(=O)NO)CC(C)C. The third-order valence-corrected chi connectivity index (χ3v) is 7.73. The van der Waals surface area contributed by atoms with Crippen molar-refractivity contribution in [3.63, 3.8) is 0 Å². The van der Waals surface area contributed by atoms with Crippen LogP contribution < -0.4 is 26.7 Å². The zero-order valence-electron chi connectivity index (χ0n) is 27.7. The molecule has 0 unspecified atom stereocenters. The van der Waals surface area contributed by atoms with Gasteiger partial charge in [0.15, 0.2) is 0 Å². The van der Waals surface area contributed by atoms with Gasteiger partial charge in [0.25, 0.3) is 0 Å². The summed E-state index contributed by atoms with van der Waals surface area (Å²) in [5, 5.41) is 19.9. The number of halogens is 1. The predicted molar refractivity (Wildman–Crippen MR) is 180 cm³/mol. The Kier molecular flexibility index (Phi) is 17.6. The van der Waals surface area contributed by atoms with Crippen LogP contribution in [0, 0.1) is 26.2 Å². The van der Waals surface area contributed by atoms with Crippen LogP contribution in [0.2, 0.25) is 0 Å². The number of carbonyl (C=O) groups excluding carboxylic acids is 5. The van der Waals surface area contributed by atoms with Crippen molar-refractivity contribution < 1.29 is 33.9 Å². The van der Waals surface area contributed by atoms with E-state index >= 15 is 0 Å². The second kappa shape index (κ2) is 19.7. The van der Waals surface area contributed by atoms with Crippen LogP contribution >= 0.6 is 22.6 Å². The Bertz CT molecular complexity index is 1130. The number of nitrogens with one attached hydrogen (secondary N) is 5. The molecule has 0 heterocycles. The standard InChI is InChI=1S/C32H52IN5O7/c1-21(2)14-23(15-27(40)38-44)29(42)37-25(30(43)34-7)12-13-26(39)36-18-32(5,6)20-45-19-31(3,4)16-28(41)35-17-22-8-10-24(33)11-9-22/h8-11,21,23,25,44H,12-20H2,1-7H3,(H,34,43)(H,35,41)(H,36,39)(H,37,42)(H,38,40)/t23-,25+/m1/s1. The lowest BCUT2D eigenvalue weighted by molar-refractivity contribution is -0.136.